The van der Waals surface area contributed by atoms with Crippen molar-refractivity contribution in [3.63, 3.8) is 0 Å². The molecule has 1 saturated carbocycles. The van der Waals surface area contributed by atoms with Crippen LogP contribution in [-0.2, 0) is 9.59 Å². The Bertz CT molecular complexity index is 262. The molecule has 1 fully saturated rings. The van der Waals surface area contributed by atoms with Gasteiger partial charge in [0, 0.05) is 12.2 Å². The monoisotopic (exact) mass is 199 g/mol. The fourth-order valence-corrected chi connectivity index (χ4v) is 1.49. The molecule has 0 aromatic rings. The Kier molecular flexibility index (Phi) is 3.64. The molecule has 0 heterocycles. The van der Waals surface area contributed by atoms with E-state index in [-0.39, 0.29) is 6.04 Å². The number of aliphatic hydroxyl groups excluding tert-OH is 1. The number of amides is 1. The third kappa shape index (κ3) is 3.18. The second-order valence-electron chi connectivity index (χ2n) is 3.28. The Morgan fingerprint density at radius 2 is 2.00 bits per heavy atom. The summed E-state index contributed by atoms with van der Waals surface area (Å²) < 4.78 is 0. The number of carboxylic acids is 1. The molecule has 2 atom stereocenters. The van der Waals surface area contributed by atoms with Gasteiger partial charge in [0.05, 0.1) is 12.1 Å². The molecule has 0 saturated heterocycles. The zero-order valence-electron chi connectivity index (χ0n) is 7.64. The Labute approximate surface area is 81.4 Å². The summed E-state index contributed by atoms with van der Waals surface area (Å²) in [6, 6.07) is -0.235. The van der Waals surface area contributed by atoms with Crippen molar-refractivity contribution in [1.82, 2.24) is 5.32 Å². The van der Waals surface area contributed by atoms with Crippen LogP contribution in [0.2, 0.25) is 0 Å². The van der Waals surface area contributed by atoms with Crippen molar-refractivity contribution in [3.8, 4) is 0 Å². The molecule has 0 radical (unpaired) electrons. The van der Waals surface area contributed by atoms with Crippen LogP contribution in [0.15, 0.2) is 12.2 Å². The predicted molar refractivity (Wildman–Crippen MR) is 48.6 cm³/mol. The maximum Gasteiger partial charge on any atom is 0.328 e. The van der Waals surface area contributed by atoms with E-state index in [1.807, 2.05) is 0 Å². The Hall–Kier alpha value is -1.36. The van der Waals surface area contributed by atoms with Crippen LogP contribution in [0.1, 0.15) is 19.3 Å². The van der Waals surface area contributed by atoms with E-state index >= 15 is 0 Å². The van der Waals surface area contributed by atoms with Crippen LogP contribution in [0, 0.1) is 0 Å². The summed E-state index contributed by atoms with van der Waals surface area (Å²) in [4.78, 5) is 21.2. The van der Waals surface area contributed by atoms with Crippen molar-refractivity contribution in [2.75, 3.05) is 0 Å². The molecule has 0 aliphatic heterocycles. The summed E-state index contributed by atoms with van der Waals surface area (Å²) in [5.41, 5.74) is 0. The highest BCUT2D eigenvalue weighted by Crippen LogP contribution is 2.18. The van der Waals surface area contributed by atoms with E-state index in [1.54, 1.807) is 0 Å². The van der Waals surface area contributed by atoms with Crippen molar-refractivity contribution in [1.29, 1.82) is 0 Å². The van der Waals surface area contributed by atoms with E-state index in [0.29, 0.717) is 6.42 Å². The first-order chi connectivity index (χ1) is 6.59. The topological polar surface area (TPSA) is 86.6 Å². The lowest BCUT2D eigenvalue weighted by Crippen LogP contribution is -2.39. The van der Waals surface area contributed by atoms with Gasteiger partial charge in [-0.2, -0.15) is 0 Å². The lowest BCUT2D eigenvalue weighted by molar-refractivity contribution is -0.131. The summed E-state index contributed by atoms with van der Waals surface area (Å²) in [5, 5.41) is 20.2. The van der Waals surface area contributed by atoms with E-state index in [1.165, 1.54) is 0 Å². The number of rotatable bonds is 3. The number of carbonyl (C=O) groups is 2. The van der Waals surface area contributed by atoms with Crippen molar-refractivity contribution < 1.29 is 19.8 Å². The van der Waals surface area contributed by atoms with Crippen molar-refractivity contribution >= 4 is 11.9 Å². The van der Waals surface area contributed by atoms with Gasteiger partial charge in [-0.25, -0.2) is 4.79 Å². The van der Waals surface area contributed by atoms with Crippen LogP contribution >= 0.6 is 0 Å². The highest BCUT2D eigenvalue weighted by Gasteiger charge is 2.25. The SMILES string of the molecule is O=C(O)/C=C\C(=O)N[C@H]1CCC[C@@H]1O. The van der Waals surface area contributed by atoms with E-state index < -0.39 is 18.0 Å². The molecule has 78 valence electrons. The van der Waals surface area contributed by atoms with Crippen LogP contribution < -0.4 is 5.32 Å². The quantitative estimate of drug-likeness (QED) is 0.542. The minimum Gasteiger partial charge on any atom is -0.478 e. The summed E-state index contributed by atoms with van der Waals surface area (Å²) in [6.07, 6.45) is 3.54. The lowest BCUT2D eigenvalue weighted by atomic mass is 10.2. The lowest BCUT2D eigenvalue weighted by Gasteiger charge is -2.14. The van der Waals surface area contributed by atoms with Gasteiger partial charge in [0.25, 0.3) is 0 Å². The highest BCUT2D eigenvalue weighted by molar-refractivity contribution is 5.94. The standard InChI is InChI=1S/C9H13NO4/c11-7-3-1-2-6(7)10-8(12)4-5-9(13)14/h4-7,11H,1-3H2,(H,10,12)(H,13,14)/b5-4-/t6-,7-/m0/s1. The van der Waals surface area contributed by atoms with Crippen molar-refractivity contribution in [2.45, 2.75) is 31.4 Å². The number of aliphatic carboxylic acids is 1. The molecule has 0 aromatic heterocycles. The minimum atomic E-state index is -1.16. The molecule has 3 N–H and O–H groups in total. The van der Waals surface area contributed by atoms with Crippen LogP contribution in [0.5, 0.6) is 0 Å². The normalized spacial score (nSPS) is 26.6. The van der Waals surface area contributed by atoms with E-state index in [9.17, 15) is 14.7 Å². The van der Waals surface area contributed by atoms with Gasteiger partial charge >= 0.3 is 5.97 Å². The van der Waals surface area contributed by atoms with Crippen molar-refractivity contribution in [3.05, 3.63) is 12.2 Å². The zero-order chi connectivity index (χ0) is 10.6. The highest BCUT2D eigenvalue weighted by atomic mass is 16.4. The van der Waals surface area contributed by atoms with Crippen LogP contribution in [0.3, 0.4) is 0 Å². The first kappa shape index (κ1) is 10.7. The third-order valence-electron chi connectivity index (χ3n) is 2.18. The molecule has 1 amide bonds. The number of carboxylic acid groups (broad SMARTS) is 1. The van der Waals surface area contributed by atoms with Gasteiger partial charge in [0.2, 0.25) is 5.91 Å². The molecule has 0 aromatic carbocycles. The molecule has 1 aliphatic rings. The van der Waals surface area contributed by atoms with E-state index in [4.69, 9.17) is 5.11 Å². The Morgan fingerprint density at radius 3 is 2.50 bits per heavy atom. The molecular weight excluding hydrogens is 186 g/mol. The first-order valence-electron chi connectivity index (χ1n) is 4.49. The molecule has 5 heteroatoms. The molecule has 1 aliphatic carbocycles. The van der Waals surface area contributed by atoms with Crippen LogP contribution in [-0.4, -0.2) is 34.2 Å². The average molecular weight is 199 g/mol. The van der Waals surface area contributed by atoms with Gasteiger partial charge < -0.3 is 15.5 Å². The maximum atomic E-state index is 11.1. The van der Waals surface area contributed by atoms with E-state index in [0.717, 1.165) is 25.0 Å². The largest absolute Gasteiger partial charge is 0.478 e. The smallest absolute Gasteiger partial charge is 0.328 e. The predicted octanol–water partition coefficient (Wildman–Crippen LogP) is -0.343. The van der Waals surface area contributed by atoms with Crippen LogP contribution in [0.25, 0.3) is 0 Å². The molecule has 0 bridgehead atoms. The van der Waals surface area contributed by atoms with Crippen LogP contribution in [0.4, 0.5) is 0 Å². The number of hydrogen-bond donors (Lipinski definition) is 3. The van der Waals surface area contributed by atoms with Gasteiger partial charge in [-0.3, -0.25) is 4.79 Å². The fourth-order valence-electron chi connectivity index (χ4n) is 1.49. The second kappa shape index (κ2) is 4.76. The van der Waals surface area contributed by atoms with Crippen molar-refractivity contribution in [2.24, 2.45) is 0 Å². The summed E-state index contributed by atoms with van der Waals surface area (Å²) in [5.74, 6) is -1.63. The Balaban J connectivity index is 2.36. The molecule has 14 heavy (non-hydrogen) atoms. The zero-order valence-corrected chi connectivity index (χ0v) is 7.64. The molecular formula is C9H13NO4. The number of carbonyl (C=O) groups excluding carboxylic acids is 1. The summed E-state index contributed by atoms with van der Waals surface area (Å²) in [7, 11) is 0. The second-order valence-corrected chi connectivity index (χ2v) is 3.28. The minimum absolute atomic E-state index is 0.235. The van der Waals surface area contributed by atoms with Gasteiger partial charge in [-0.1, -0.05) is 0 Å². The maximum absolute atomic E-state index is 11.1. The van der Waals surface area contributed by atoms with Gasteiger partial charge in [0.15, 0.2) is 0 Å². The molecule has 0 spiro atoms. The van der Waals surface area contributed by atoms with Gasteiger partial charge in [-0.15, -0.1) is 0 Å². The molecule has 1 rings (SSSR count). The van der Waals surface area contributed by atoms with E-state index in [2.05, 4.69) is 5.32 Å². The number of hydrogen-bond acceptors (Lipinski definition) is 3. The number of nitrogens with one attached hydrogen (secondary N) is 1. The summed E-state index contributed by atoms with van der Waals surface area (Å²) in [6.45, 7) is 0. The first-order valence-corrected chi connectivity index (χ1v) is 4.49. The van der Waals surface area contributed by atoms with Gasteiger partial charge in [0.1, 0.15) is 0 Å². The summed E-state index contributed by atoms with van der Waals surface area (Å²) >= 11 is 0. The molecule has 0 unspecified atom stereocenters. The Morgan fingerprint density at radius 1 is 1.29 bits per heavy atom. The fraction of sp³-hybridized carbons (Fsp3) is 0.556. The third-order valence-corrected chi connectivity index (χ3v) is 2.18. The van der Waals surface area contributed by atoms with Gasteiger partial charge in [-0.05, 0) is 19.3 Å². The molecule has 5 nitrogen and oxygen atoms in total. The number of aliphatic hydroxyl groups is 1. The average Bonchev–Trinajstić information content (AvgIpc) is 2.49.